The molecule has 0 saturated heterocycles. The van der Waals surface area contributed by atoms with Crippen LogP contribution in [0.3, 0.4) is 0 Å². The molecular weight excluding hydrogens is 230 g/mol. The zero-order valence-electron chi connectivity index (χ0n) is 9.08. The molecule has 2 heterocycles. The van der Waals surface area contributed by atoms with Crippen molar-refractivity contribution in [3.05, 3.63) is 59.5 Å². The van der Waals surface area contributed by atoms with E-state index in [2.05, 4.69) is 27.5 Å². The Kier molecular flexibility index (Phi) is 2.59. The van der Waals surface area contributed by atoms with Crippen molar-refractivity contribution in [2.24, 2.45) is 5.73 Å². The lowest BCUT2D eigenvalue weighted by Crippen LogP contribution is -2.13. The smallest absolute Gasteiger partial charge is 0.0799 e. The normalized spacial score (nSPS) is 12.8. The molecule has 3 rings (SSSR count). The molecule has 0 amide bonds. The Hall–Kier alpha value is -1.78. The summed E-state index contributed by atoms with van der Waals surface area (Å²) in [6, 6.07) is 8.06. The van der Waals surface area contributed by atoms with Gasteiger partial charge in [-0.2, -0.15) is 0 Å². The SMILES string of the molecule is NC(c1cnccn1)c1csc2ccccc12. The van der Waals surface area contributed by atoms with Gasteiger partial charge in [-0.3, -0.25) is 9.97 Å². The van der Waals surface area contributed by atoms with Crippen molar-refractivity contribution < 1.29 is 0 Å². The van der Waals surface area contributed by atoms with E-state index in [1.807, 2.05) is 12.1 Å². The summed E-state index contributed by atoms with van der Waals surface area (Å²) in [5, 5.41) is 3.31. The molecule has 0 fully saturated rings. The lowest BCUT2D eigenvalue weighted by molar-refractivity contribution is 0.828. The Morgan fingerprint density at radius 3 is 2.88 bits per heavy atom. The minimum absolute atomic E-state index is 0.208. The van der Waals surface area contributed by atoms with Crippen LogP contribution in [0.4, 0.5) is 0 Å². The number of fused-ring (bicyclic) bond motifs is 1. The van der Waals surface area contributed by atoms with Crippen molar-refractivity contribution >= 4 is 21.4 Å². The molecule has 1 unspecified atom stereocenters. The van der Waals surface area contributed by atoms with Gasteiger partial charge in [-0.1, -0.05) is 18.2 Å². The van der Waals surface area contributed by atoms with E-state index in [0.29, 0.717) is 0 Å². The van der Waals surface area contributed by atoms with Crippen LogP contribution in [0.5, 0.6) is 0 Å². The van der Waals surface area contributed by atoms with Crippen molar-refractivity contribution in [3.8, 4) is 0 Å². The molecule has 84 valence electrons. The van der Waals surface area contributed by atoms with Crippen LogP contribution in [0.2, 0.25) is 0 Å². The van der Waals surface area contributed by atoms with Gasteiger partial charge in [-0.05, 0) is 22.4 Å². The number of hydrogen-bond donors (Lipinski definition) is 1. The fourth-order valence-corrected chi connectivity index (χ4v) is 2.87. The van der Waals surface area contributed by atoms with Gasteiger partial charge >= 0.3 is 0 Å². The standard InChI is InChI=1S/C13H11N3S/c14-13(11-7-15-5-6-16-11)10-8-17-12-4-2-1-3-9(10)12/h1-8,13H,14H2. The quantitative estimate of drug-likeness (QED) is 0.750. The predicted octanol–water partition coefficient (Wildman–Crippen LogP) is 2.74. The summed E-state index contributed by atoms with van der Waals surface area (Å²) in [7, 11) is 0. The van der Waals surface area contributed by atoms with Gasteiger partial charge in [0, 0.05) is 17.1 Å². The summed E-state index contributed by atoms with van der Waals surface area (Å²) in [6.45, 7) is 0. The predicted molar refractivity (Wildman–Crippen MR) is 69.9 cm³/mol. The van der Waals surface area contributed by atoms with E-state index in [9.17, 15) is 0 Å². The first-order chi connectivity index (χ1) is 8.36. The van der Waals surface area contributed by atoms with Gasteiger partial charge < -0.3 is 5.73 Å². The van der Waals surface area contributed by atoms with E-state index in [1.165, 1.54) is 10.1 Å². The van der Waals surface area contributed by atoms with Crippen molar-refractivity contribution in [3.63, 3.8) is 0 Å². The fraction of sp³-hybridized carbons (Fsp3) is 0.0769. The van der Waals surface area contributed by atoms with Gasteiger partial charge in [0.25, 0.3) is 0 Å². The van der Waals surface area contributed by atoms with Gasteiger partial charge in [0.05, 0.1) is 17.9 Å². The van der Waals surface area contributed by atoms with Crippen LogP contribution in [0, 0.1) is 0 Å². The average molecular weight is 241 g/mol. The van der Waals surface area contributed by atoms with Gasteiger partial charge in [-0.25, -0.2) is 0 Å². The molecule has 2 N–H and O–H groups in total. The molecule has 0 radical (unpaired) electrons. The maximum atomic E-state index is 6.23. The second-order valence-corrected chi connectivity index (χ2v) is 4.71. The Morgan fingerprint density at radius 1 is 1.18 bits per heavy atom. The number of aromatic nitrogens is 2. The Morgan fingerprint density at radius 2 is 2.06 bits per heavy atom. The van der Waals surface area contributed by atoms with Crippen LogP contribution >= 0.6 is 11.3 Å². The number of rotatable bonds is 2. The molecule has 3 aromatic rings. The minimum Gasteiger partial charge on any atom is -0.319 e. The molecule has 4 heteroatoms. The second-order valence-electron chi connectivity index (χ2n) is 3.80. The third-order valence-electron chi connectivity index (χ3n) is 2.75. The zero-order valence-corrected chi connectivity index (χ0v) is 9.89. The first-order valence-corrected chi connectivity index (χ1v) is 6.22. The van der Waals surface area contributed by atoms with Crippen LogP contribution in [0.25, 0.3) is 10.1 Å². The number of hydrogen-bond acceptors (Lipinski definition) is 4. The third-order valence-corrected chi connectivity index (χ3v) is 3.73. The lowest BCUT2D eigenvalue weighted by atomic mass is 10.0. The van der Waals surface area contributed by atoms with Crippen LogP contribution in [-0.4, -0.2) is 9.97 Å². The highest BCUT2D eigenvalue weighted by atomic mass is 32.1. The molecule has 2 aromatic heterocycles. The highest BCUT2D eigenvalue weighted by Gasteiger charge is 2.14. The van der Waals surface area contributed by atoms with E-state index >= 15 is 0 Å². The third kappa shape index (κ3) is 1.81. The largest absolute Gasteiger partial charge is 0.319 e. The van der Waals surface area contributed by atoms with Crippen molar-refractivity contribution in [1.29, 1.82) is 0 Å². The molecule has 0 aliphatic heterocycles. The molecule has 0 aliphatic carbocycles. The van der Waals surface area contributed by atoms with Gasteiger partial charge in [-0.15, -0.1) is 11.3 Å². The van der Waals surface area contributed by atoms with Crippen LogP contribution < -0.4 is 5.73 Å². The topological polar surface area (TPSA) is 51.8 Å². The summed E-state index contributed by atoms with van der Waals surface area (Å²) in [6.07, 6.45) is 5.04. The Balaban J connectivity index is 2.10. The molecule has 1 aromatic carbocycles. The summed E-state index contributed by atoms with van der Waals surface area (Å²) in [5.74, 6) is 0. The summed E-state index contributed by atoms with van der Waals surface area (Å²) >= 11 is 1.71. The zero-order chi connectivity index (χ0) is 11.7. The minimum atomic E-state index is -0.208. The number of thiophene rings is 1. The van der Waals surface area contributed by atoms with Gasteiger partial charge in [0.1, 0.15) is 0 Å². The van der Waals surface area contributed by atoms with Crippen LogP contribution in [-0.2, 0) is 0 Å². The maximum Gasteiger partial charge on any atom is 0.0799 e. The van der Waals surface area contributed by atoms with E-state index in [0.717, 1.165) is 11.3 Å². The van der Waals surface area contributed by atoms with E-state index in [4.69, 9.17) is 5.73 Å². The van der Waals surface area contributed by atoms with Crippen LogP contribution in [0.15, 0.2) is 48.2 Å². The van der Waals surface area contributed by atoms with Crippen LogP contribution in [0.1, 0.15) is 17.3 Å². The van der Waals surface area contributed by atoms with E-state index < -0.39 is 0 Å². The van der Waals surface area contributed by atoms with Crippen molar-refractivity contribution in [2.45, 2.75) is 6.04 Å². The number of nitrogens with zero attached hydrogens (tertiary/aromatic N) is 2. The average Bonchev–Trinajstić information content (AvgIpc) is 2.83. The first-order valence-electron chi connectivity index (χ1n) is 5.34. The summed E-state index contributed by atoms with van der Waals surface area (Å²) < 4.78 is 1.25. The number of benzene rings is 1. The summed E-state index contributed by atoms with van der Waals surface area (Å²) in [4.78, 5) is 8.32. The fourth-order valence-electron chi connectivity index (χ4n) is 1.87. The summed E-state index contributed by atoms with van der Waals surface area (Å²) in [5.41, 5.74) is 8.15. The molecule has 0 saturated carbocycles. The molecule has 0 bridgehead atoms. The van der Waals surface area contributed by atoms with Crippen molar-refractivity contribution in [1.82, 2.24) is 9.97 Å². The first kappa shape index (κ1) is 10.4. The second kappa shape index (κ2) is 4.24. The molecular formula is C13H11N3S. The van der Waals surface area contributed by atoms with Crippen molar-refractivity contribution in [2.75, 3.05) is 0 Å². The molecule has 17 heavy (non-hydrogen) atoms. The molecule has 1 atom stereocenters. The Labute approximate surface area is 103 Å². The number of nitrogens with two attached hydrogens (primary N) is 1. The molecule has 3 nitrogen and oxygen atoms in total. The highest BCUT2D eigenvalue weighted by Crippen LogP contribution is 2.31. The maximum absolute atomic E-state index is 6.23. The van der Waals surface area contributed by atoms with Gasteiger partial charge in [0.2, 0.25) is 0 Å². The molecule has 0 aliphatic rings. The lowest BCUT2D eigenvalue weighted by Gasteiger charge is -2.09. The van der Waals surface area contributed by atoms with E-state index in [-0.39, 0.29) is 6.04 Å². The molecule has 0 spiro atoms. The monoisotopic (exact) mass is 241 g/mol. The highest BCUT2D eigenvalue weighted by molar-refractivity contribution is 7.17. The van der Waals surface area contributed by atoms with Gasteiger partial charge in [0.15, 0.2) is 0 Å². The van der Waals surface area contributed by atoms with E-state index in [1.54, 1.807) is 29.9 Å². The Bertz CT molecular complexity index is 633.